The number of imidazole rings is 1. The Labute approximate surface area is 115 Å². The van der Waals surface area contributed by atoms with Gasteiger partial charge in [-0.15, -0.1) is 0 Å². The van der Waals surface area contributed by atoms with Crippen LogP contribution in [0.1, 0.15) is 12.6 Å². The van der Waals surface area contributed by atoms with Gasteiger partial charge in [0.25, 0.3) is 0 Å². The highest BCUT2D eigenvalue weighted by atomic mass is 32.2. The lowest BCUT2D eigenvalue weighted by Gasteiger charge is -2.17. The van der Waals surface area contributed by atoms with Crippen LogP contribution in [0.4, 0.5) is 0 Å². The third-order valence-corrected chi connectivity index (χ3v) is 4.32. The molecule has 0 amide bonds. The fraction of sp³-hybridized carbons (Fsp3) is 0.500. The van der Waals surface area contributed by atoms with E-state index in [-0.39, 0.29) is 6.42 Å². The van der Waals surface area contributed by atoms with E-state index in [1.807, 2.05) is 4.72 Å². The van der Waals surface area contributed by atoms with Crippen molar-refractivity contribution < 1.29 is 27.9 Å². The molecule has 0 fully saturated rings. The van der Waals surface area contributed by atoms with Crippen LogP contribution in [-0.2, 0) is 30.8 Å². The Bertz CT molecular complexity index is 568. The number of carbonyl (C=O) groups excluding carboxylic acids is 1. The Morgan fingerprint density at radius 2 is 2.20 bits per heavy atom. The first-order valence-corrected chi connectivity index (χ1v) is 7.11. The highest BCUT2D eigenvalue weighted by Gasteiger charge is 2.33. The number of aliphatic carboxylic acids is 1. The molecular weight excluding hydrogens is 290 g/mol. The van der Waals surface area contributed by atoms with Crippen LogP contribution in [-0.4, -0.2) is 53.8 Å². The molecule has 0 aromatic carbocycles. The van der Waals surface area contributed by atoms with Gasteiger partial charge in [-0.1, -0.05) is 0 Å². The summed E-state index contributed by atoms with van der Waals surface area (Å²) in [4.78, 5) is 28.7. The van der Waals surface area contributed by atoms with E-state index in [1.54, 1.807) is 0 Å². The first-order valence-electron chi connectivity index (χ1n) is 5.57. The second-order valence-electron chi connectivity index (χ2n) is 4.00. The molecule has 20 heavy (non-hydrogen) atoms. The molecule has 2 atom stereocenters. The van der Waals surface area contributed by atoms with Crippen LogP contribution in [0.25, 0.3) is 0 Å². The Morgan fingerprint density at radius 3 is 2.65 bits per heavy atom. The van der Waals surface area contributed by atoms with Crippen molar-refractivity contribution in [3.63, 3.8) is 0 Å². The number of esters is 1. The number of nitrogens with one attached hydrogen (secondary N) is 2. The molecule has 1 aromatic rings. The van der Waals surface area contributed by atoms with Crippen LogP contribution in [0.2, 0.25) is 0 Å². The summed E-state index contributed by atoms with van der Waals surface area (Å²) in [6.07, 6.45) is 2.61. The number of H-pyrrole nitrogens is 1. The fourth-order valence-corrected chi connectivity index (χ4v) is 2.52. The minimum atomic E-state index is -4.16. The molecule has 0 radical (unpaired) electrons. The van der Waals surface area contributed by atoms with E-state index in [1.165, 1.54) is 12.5 Å². The molecule has 3 N–H and O–H groups in total. The van der Waals surface area contributed by atoms with E-state index in [4.69, 9.17) is 5.11 Å². The quantitative estimate of drug-likeness (QED) is 0.543. The minimum Gasteiger partial charge on any atom is -0.480 e. The second kappa shape index (κ2) is 6.48. The van der Waals surface area contributed by atoms with Gasteiger partial charge in [0, 0.05) is 18.3 Å². The number of carbonyl (C=O) groups is 2. The molecular formula is C10H15N3O6S. The predicted octanol–water partition coefficient (Wildman–Crippen LogP) is -1.11. The van der Waals surface area contributed by atoms with Gasteiger partial charge in [0.2, 0.25) is 10.0 Å². The summed E-state index contributed by atoms with van der Waals surface area (Å²) in [5.74, 6) is -2.33. The van der Waals surface area contributed by atoms with E-state index in [9.17, 15) is 18.0 Å². The smallest absolute Gasteiger partial charge is 0.325 e. The van der Waals surface area contributed by atoms with Crippen molar-refractivity contribution >= 4 is 22.0 Å². The Balaban J connectivity index is 2.85. The van der Waals surface area contributed by atoms with Crippen molar-refractivity contribution in [2.75, 3.05) is 7.11 Å². The van der Waals surface area contributed by atoms with Crippen LogP contribution >= 0.6 is 0 Å². The summed E-state index contributed by atoms with van der Waals surface area (Å²) in [7, 11) is -3.11. The molecule has 0 aliphatic heterocycles. The lowest BCUT2D eigenvalue weighted by Crippen LogP contribution is -2.47. The van der Waals surface area contributed by atoms with Gasteiger partial charge >= 0.3 is 11.9 Å². The number of rotatable bonds is 7. The fourth-order valence-electron chi connectivity index (χ4n) is 1.39. The highest BCUT2D eigenvalue weighted by molar-refractivity contribution is 7.90. The summed E-state index contributed by atoms with van der Waals surface area (Å²) < 4.78 is 30.0. The van der Waals surface area contributed by atoms with Crippen LogP contribution in [0.15, 0.2) is 12.5 Å². The molecule has 112 valence electrons. The summed E-state index contributed by atoms with van der Waals surface area (Å²) in [6, 6.07) is -1.41. The number of methoxy groups -OCH3 is 1. The normalized spacial score (nSPS) is 14.5. The molecule has 1 rings (SSSR count). The van der Waals surface area contributed by atoms with Gasteiger partial charge in [0.1, 0.15) is 6.04 Å². The summed E-state index contributed by atoms with van der Waals surface area (Å²) >= 11 is 0. The molecule has 10 heteroatoms. The average molecular weight is 305 g/mol. The van der Waals surface area contributed by atoms with Gasteiger partial charge in [0.05, 0.1) is 13.4 Å². The van der Waals surface area contributed by atoms with Crippen LogP contribution in [0.3, 0.4) is 0 Å². The number of carboxylic acid groups (broad SMARTS) is 1. The molecule has 1 heterocycles. The number of hydrogen-bond donors (Lipinski definition) is 3. The van der Waals surface area contributed by atoms with E-state index in [0.717, 1.165) is 14.0 Å². The summed E-state index contributed by atoms with van der Waals surface area (Å²) in [5, 5.41) is 7.53. The standard InChI is InChI=1S/C10H15N3O6S/c1-6(10(16)19-2)20(17,18)13-8(9(14)15)3-7-4-11-5-12-7/h4-6,8,13H,3H2,1-2H3,(H,11,12)(H,14,15)/t6?,8-/m1/s1. The zero-order chi connectivity index (χ0) is 15.3. The average Bonchev–Trinajstić information content (AvgIpc) is 2.88. The van der Waals surface area contributed by atoms with Crippen molar-refractivity contribution in [2.24, 2.45) is 0 Å². The van der Waals surface area contributed by atoms with Gasteiger partial charge in [-0.2, -0.15) is 4.72 Å². The molecule has 1 aromatic heterocycles. The first kappa shape index (κ1) is 16.1. The van der Waals surface area contributed by atoms with Crippen molar-refractivity contribution in [3.8, 4) is 0 Å². The van der Waals surface area contributed by atoms with E-state index in [2.05, 4.69) is 14.7 Å². The summed E-state index contributed by atoms with van der Waals surface area (Å²) in [5.41, 5.74) is 0.450. The van der Waals surface area contributed by atoms with Crippen molar-refractivity contribution in [1.82, 2.24) is 14.7 Å². The number of hydrogen-bond acceptors (Lipinski definition) is 6. The monoisotopic (exact) mass is 305 g/mol. The maximum atomic E-state index is 11.9. The number of sulfonamides is 1. The SMILES string of the molecule is COC(=O)C(C)S(=O)(=O)N[C@H](Cc1cnc[nH]1)C(=O)O. The third-order valence-electron chi connectivity index (χ3n) is 2.58. The number of nitrogens with zero attached hydrogens (tertiary/aromatic N) is 1. The lowest BCUT2D eigenvalue weighted by atomic mass is 10.2. The van der Waals surface area contributed by atoms with Gasteiger partial charge in [-0.05, 0) is 6.92 Å². The van der Waals surface area contributed by atoms with E-state index < -0.39 is 33.3 Å². The largest absolute Gasteiger partial charge is 0.480 e. The number of carboxylic acids is 1. The van der Waals surface area contributed by atoms with Gasteiger partial charge < -0.3 is 14.8 Å². The molecule has 0 saturated heterocycles. The first-order chi connectivity index (χ1) is 9.27. The van der Waals surface area contributed by atoms with Gasteiger partial charge in [0.15, 0.2) is 5.25 Å². The third kappa shape index (κ3) is 4.03. The Hall–Kier alpha value is -1.94. The molecule has 9 nitrogen and oxygen atoms in total. The molecule has 1 unspecified atom stereocenters. The predicted molar refractivity (Wildman–Crippen MR) is 67.2 cm³/mol. The van der Waals surface area contributed by atoms with Crippen molar-refractivity contribution in [3.05, 3.63) is 18.2 Å². The lowest BCUT2D eigenvalue weighted by molar-refractivity contribution is -0.140. The van der Waals surface area contributed by atoms with E-state index in [0.29, 0.717) is 5.69 Å². The summed E-state index contributed by atoms with van der Waals surface area (Å²) in [6.45, 7) is 1.11. The molecule has 0 aliphatic rings. The van der Waals surface area contributed by atoms with Gasteiger partial charge in [-0.25, -0.2) is 13.4 Å². The van der Waals surface area contributed by atoms with E-state index >= 15 is 0 Å². The number of aromatic nitrogens is 2. The topological polar surface area (TPSA) is 138 Å². The number of aromatic amines is 1. The Morgan fingerprint density at radius 1 is 1.55 bits per heavy atom. The van der Waals surface area contributed by atoms with Crippen LogP contribution in [0.5, 0.6) is 0 Å². The molecule has 0 bridgehead atoms. The molecule has 0 saturated carbocycles. The number of ether oxygens (including phenoxy) is 1. The van der Waals surface area contributed by atoms with Crippen molar-refractivity contribution in [2.45, 2.75) is 24.6 Å². The molecule has 0 spiro atoms. The van der Waals surface area contributed by atoms with Crippen molar-refractivity contribution in [1.29, 1.82) is 0 Å². The Kier molecular flexibility index (Phi) is 5.22. The second-order valence-corrected chi connectivity index (χ2v) is 6.03. The molecule has 0 aliphatic carbocycles. The zero-order valence-corrected chi connectivity index (χ0v) is 11.7. The van der Waals surface area contributed by atoms with Crippen LogP contribution in [0, 0.1) is 0 Å². The minimum absolute atomic E-state index is 0.123. The van der Waals surface area contributed by atoms with Gasteiger partial charge in [-0.3, -0.25) is 9.59 Å². The maximum absolute atomic E-state index is 11.9. The van der Waals surface area contributed by atoms with Crippen LogP contribution < -0.4 is 4.72 Å². The maximum Gasteiger partial charge on any atom is 0.325 e. The highest BCUT2D eigenvalue weighted by Crippen LogP contribution is 2.06. The zero-order valence-electron chi connectivity index (χ0n) is 10.9.